The van der Waals surface area contributed by atoms with Gasteiger partial charge in [0.15, 0.2) is 12.2 Å². The molecular formula is C18H25NO13. The van der Waals surface area contributed by atoms with Crippen molar-refractivity contribution in [3.05, 3.63) is 0 Å². The molecule has 1 unspecified atom stereocenters. The number of carboxylic acid groups (broad SMARTS) is 1. The van der Waals surface area contributed by atoms with Gasteiger partial charge in [-0.3, -0.25) is 24.0 Å². The van der Waals surface area contributed by atoms with Gasteiger partial charge in [0.25, 0.3) is 0 Å². The van der Waals surface area contributed by atoms with E-state index in [1.54, 1.807) is 0 Å². The quantitative estimate of drug-likeness (QED) is 0.339. The highest BCUT2D eigenvalue weighted by molar-refractivity contribution is 5.79. The van der Waals surface area contributed by atoms with E-state index in [2.05, 4.69) is 0 Å². The number of amides is 1. The SMILES string of the molecule is CC(=O)OC[C@H]1OC(OC(=O)N[C@@H](C)C(=O)O)[C@H](OC(C)=O)[C@@H](OC(C)=O)[C@@H]1OC(C)=O. The maximum absolute atomic E-state index is 12.1. The molecule has 14 heteroatoms. The van der Waals surface area contributed by atoms with E-state index in [9.17, 15) is 28.8 Å². The van der Waals surface area contributed by atoms with E-state index in [4.69, 9.17) is 33.5 Å². The zero-order valence-electron chi connectivity index (χ0n) is 18.0. The van der Waals surface area contributed by atoms with Crippen LogP contribution in [0.1, 0.15) is 34.6 Å². The van der Waals surface area contributed by atoms with E-state index in [-0.39, 0.29) is 0 Å². The first-order valence-corrected chi connectivity index (χ1v) is 9.32. The maximum atomic E-state index is 12.1. The number of alkyl carbamates (subject to hydrolysis) is 1. The second kappa shape index (κ2) is 11.8. The van der Waals surface area contributed by atoms with Crippen molar-refractivity contribution in [2.45, 2.75) is 71.4 Å². The van der Waals surface area contributed by atoms with Gasteiger partial charge in [0.1, 0.15) is 18.8 Å². The molecule has 1 amide bonds. The van der Waals surface area contributed by atoms with Crippen LogP contribution in [0.3, 0.4) is 0 Å². The molecule has 1 rings (SSSR count). The molecule has 1 fully saturated rings. The average Bonchev–Trinajstić information content (AvgIpc) is 2.63. The molecule has 0 aromatic heterocycles. The van der Waals surface area contributed by atoms with E-state index in [1.807, 2.05) is 5.32 Å². The Morgan fingerprint density at radius 2 is 1.31 bits per heavy atom. The van der Waals surface area contributed by atoms with Gasteiger partial charge in [-0.25, -0.2) is 4.79 Å². The summed E-state index contributed by atoms with van der Waals surface area (Å²) in [6, 6.07) is -1.34. The molecule has 2 N–H and O–H groups in total. The average molecular weight is 463 g/mol. The summed E-state index contributed by atoms with van der Waals surface area (Å²) in [4.78, 5) is 69.2. The maximum Gasteiger partial charge on any atom is 0.410 e. The first kappa shape index (κ1) is 26.6. The van der Waals surface area contributed by atoms with E-state index >= 15 is 0 Å². The van der Waals surface area contributed by atoms with Gasteiger partial charge in [-0.15, -0.1) is 0 Å². The van der Waals surface area contributed by atoms with Gasteiger partial charge in [0.05, 0.1) is 0 Å². The second-order valence-electron chi connectivity index (χ2n) is 6.68. The highest BCUT2D eigenvalue weighted by Crippen LogP contribution is 2.30. The lowest BCUT2D eigenvalue weighted by Crippen LogP contribution is -2.63. The predicted octanol–water partition coefficient (Wildman–Crippen LogP) is -0.731. The molecule has 0 aromatic carbocycles. The van der Waals surface area contributed by atoms with Gasteiger partial charge < -0.3 is 38.8 Å². The van der Waals surface area contributed by atoms with Crippen molar-refractivity contribution in [2.75, 3.05) is 6.61 Å². The van der Waals surface area contributed by atoms with Crippen molar-refractivity contribution >= 4 is 35.9 Å². The molecule has 0 aliphatic carbocycles. The number of aliphatic carboxylic acids is 1. The van der Waals surface area contributed by atoms with Crippen LogP contribution in [0, 0.1) is 0 Å². The number of hydrogen-bond acceptors (Lipinski definition) is 12. The highest BCUT2D eigenvalue weighted by Gasteiger charge is 2.53. The van der Waals surface area contributed by atoms with Crippen LogP contribution in [0.25, 0.3) is 0 Å². The molecule has 0 saturated carbocycles. The normalized spacial score (nSPS) is 25.5. The number of esters is 4. The lowest BCUT2D eigenvalue weighted by Gasteiger charge is -2.43. The molecule has 0 aromatic rings. The van der Waals surface area contributed by atoms with Gasteiger partial charge in [-0.2, -0.15) is 0 Å². The molecule has 1 saturated heterocycles. The monoisotopic (exact) mass is 463 g/mol. The van der Waals surface area contributed by atoms with Crippen molar-refractivity contribution in [2.24, 2.45) is 0 Å². The van der Waals surface area contributed by atoms with Gasteiger partial charge in [-0.1, -0.05) is 0 Å². The largest absolute Gasteiger partial charge is 0.480 e. The molecule has 6 atom stereocenters. The molecule has 1 heterocycles. The fraction of sp³-hybridized carbons (Fsp3) is 0.667. The summed E-state index contributed by atoms with van der Waals surface area (Å²) in [5, 5.41) is 10.9. The van der Waals surface area contributed by atoms with Crippen LogP contribution in [0.5, 0.6) is 0 Å². The number of hydrogen-bond donors (Lipinski definition) is 2. The van der Waals surface area contributed by atoms with E-state index in [0.717, 1.165) is 34.6 Å². The molecule has 14 nitrogen and oxygen atoms in total. The molecular weight excluding hydrogens is 438 g/mol. The Bertz CT molecular complexity index is 751. The summed E-state index contributed by atoms with van der Waals surface area (Å²) in [7, 11) is 0. The Kier molecular flexibility index (Phi) is 9.84. The van der Waals surface area contributed by atoms with Crippen molar-refractivity contribution < 1.29 is 62.3 Å². The fourth-order valence-electron chi connectivity index (χ4n) is 2.66. The van der Waals surface area contributed by atoms with Crippen LogP contribution in [-0.2, 0) is 52.4 Å². The van der Waals surface area contributed by atoms with Crippen molar-refractivity contribution in [3.8, 4) is 0 Å². The van der Waals surface area contributed by atoms with Crippen LogP contribution < -0.4 is 5.32 Å². The topological polar surface area (TPSA) is 190 Å². The molecule has 1 aliphatic rings. The number of rotatable bonds is 8. The Labute approximate surface area is 182 Å². The smallest absolute Gasteiger partial charge is 0.410 e. The first-order valence-electron chi connectivity index (χ1n) is 9.32. The minimum Gasteiger partial charge on any atom is -0.480 e. The first-order chi connectivity index (χ1) is 14.8. The van der Waals surface area contributed by atoms with Gasteiger partial charge in [0.2, 0.25) is 12.4 Å². The Hall–Kier alpha value is -3.42. The Balaban J connectivity index is 3.30. The third-order valence-corrected chi connectivity index (χ3v) is 3.88. The molecule has 0 radical (unpaired) electrons. The molecule has 0 spiro atoms. The fourth-order valence-corrected chi connectivity index (χ4v) is 2.66. The van der Waals surface area contributed by atoms with Crippen LogP contribution in [0.2, 0.25) is 0 Å². The Morgan fingerprint density at radius 1 is 0.812 bits per heavy atom. The van der Waals surface area contributed by atoms with Crippen LogP contribution in [0.4, 0.5) is 4.79 Å². The zero-order valence-corrected chi connectivity index (χ0v) is 18.0. The third kappa shape index (κ3) is 8.37. The molecule has 1 aliphatic heterocycles. The molecule has 180 valence electrons. The third-order valence-electron chi connectivity index (χ3n) is 3.88. The lowest BCUT2D eigenvalue weighted by atomic mass is 9.98. The van der Waals surface area contributed by atoms with Gasteiger partial charge >= 0.3 is 35.9 Å². The van der Waals surface area contributed by atoms with Crippen LogP contribution >= 0.6 is 0 Å². The summed E-state index contributed by atoms with van der Waals surface area (Å²) < 4.78 is 30.9. The lowest BCUT2D eigenvalue weighted by molar-refractivity contribution is -0.294. The van der Waals surface area contributed by atoms with E-state index in [1.165, 1.54) is 0 Å². The predicted molar refractivity (Wildman–Crippen MR) is 98.7 cm³/mol. The van der Waals surface area contributed by atoms with Gasteiger partial charge in [0, 0.05) is 27.7 Å². The molecule has 0 bridgehead atoms. The van der Waals surface area contributed by atoms with Crippen LogP contribution in [-0.4, -0.2) is 84.4 Å². The van der Waals surface area contributed by atoms with Crippen molar-refractivity contribution in [3.63, 3.8) is 0 Å². The summed E-state index contributed by atoms with van der Waals surface area (Å²) in [5.74, 6) is -4.64. The number of carbonyl (C=O) groups is 6. The molecule has 32 heavy (non-hydrogen) atoms. The second-order valence-corrected chi connectivity index (χ2v) is 6.68. The van der Waals surface area contributed by atoms with Gasteiger partial charge in [-0.05, 0) is 6.92 Å². The van der Waals surface area contributed by atoms with Crippen molar-refractivity contribution in [1.82, 2.24) is 5.32 Å². The number of ether oxygens (including phenoxy) is 6. The van der Waals surface area contributed by atoms with Crippen molar-refractivity contribution in [1.29, 1.82) is 0 Å². The number of carboxylic acids is 1. The van der Waals surface area contributed by atoms with E-state index in [0.29, 0.717) is 0 Å². The zero-order chi connectivity index (χ0) is 24.6. The summed E-state index contributed by atoms with van der Waals surface area (Å²) in [6.45, 7) is 4.85. The standard InChI is InChI=1S/C18H25NO13/c1-7(16(24)25)19-18(26)32-17-15(30-11(5)23)14(29-10(4)22)13(28-9(3)21)12(31-17)6-27-8(2)20/h7,12-15,17H,6H2,1-5H3,(H,19,26)(H,24,25)/t7-,12+,13+,14-,15+,17?/m0/s1. The Morgan fingerprint density at radius 3 is 1.78 bits per heavy atom. The van der Waals surface area contributed by atoms with E-state index < -0.39 is 79.3 Å². The summed E-state index contributed by atoms with van der Waals surface area (Å²) in [5.41, 5.74) is 0. The minimum absolute atomic E-state index is 0.509. The number of carbonyl (C=O) groups excluding carboxylic acids is 5. The summed E-state index contributed by atoms with van der Waals surface area (Å²) in [6.07, 6.45) is -8.88. The highest BCUT2D eigenvalue weighted by atomic mass is 16.8. The minimum atomic E-state index is -1.75. The summed E-state index contributed by atoms with van der Waals surface area (Å²) >= 11 is 0. The van der Waals surface area contributed by atoms with Crippen LogP contribution in [0.15, 0.2) is 0 Å². The number of nitrogens with one attached hydrogen (secondary N) is 1.